The number of fused-ring (bicyclic) bond motifs is 11. The highest BCUT2D eigenvalue weighted by Gasteiger charge is 2.21. The van der Waals surface area contributed by atoms with Gasteiger partial charge < -0.3 is 30.3 Å². The van der Waals surface area contributed by atoms with E-state index in [9.17, 15) is 19.8 Å². The van der Waals surface area contributed by atoms with E-state index in [1.165, 1.54) is 0 Å². The monoisotopic (exact) mass is 592 g/mol. The van der Waals surface area contributed by atoms with E-state index < -0.39 is 0 Å². The van der Waals surface area contributed by atoms with E-state index in [0.29, 0.717) is 63.1 Å². The fourth-order valence-corrected chi connectivity index (χ4v) is 5.97. The lowest BCUT2D eigenvalue weighted by molar-refractivity contribution is -0.124. The highest BCUT2D eigenvalue weighted by Crippen LogP contribution is 2.38. The number of phenols is 2. The van der Waals surface area contributed by atoms with Crippen molar-refractivity contribution in [2.24, 2.45) is 0 Å². The Kier molecular flexibility index (Phi) is 8.68. The predicted octanol–water partition coefficient (Wildman–Crippen LogP) is 4.56. The van der Waals surface area contributed by atoms with Crippen LogP contribution in [0.2, 0.25) is 0 Å². The summed E-state index contributed by atoms with van der Waals surface area (Å²) in [7, 11) is 0. The molecule has 0 fully saturated rings. The minimum Gasteiger partial charge on any atom is -0.507 e. The largest absolute Gasteiger partial charge is 0.507 e. The first kappa shape index (κ1) is 29.1. The Morgan fingerprint density at radius 2 is 0.773 bits per heavy atom. The van der Waals surface area contributed by atoms with Crippen LogP contribution in [0.25, 0.3) is 0 Å². The molecule has 2 amide bonds. The minimum absolute atomic E-state index is 0.173. The SMILES string of the molecule is O=C1COc2c3cccc2Cc2cccc(c2O)Cc2cccc(c2OCC(=O)NCCCCN1)Cc1cccc(c1O)C3. The van der Waals surface area contributed by atoms with Gasteiger partial charge in [0.25, 0.3) is 11.8 Å². The van der Waals surface area contributed by atoms with Crippen molar-refractivity contribution < 1.29 is 29.3 Å². The maximum absolute atomic E-state index is 12.7. The number of hydrogen-bond donors (Lipinski definition) is 4. The van der Waals surface area contributed by atoms with E-state index in [-0.39, 0.29) is 36.5 Å². The Bertz CT molecular complexity index is 1490. The zero-order valence-corrected chi connectivity index (χ0v) is 24.5. The second-order valence-corrected chi connectivity index (χ2v) is 11.4. The molecule has 4 N–H and O–H groups in total. The third kappa shape index (κ3) is 6.49. The molecule has 0 aromatic heterocycles. The van der Waals surface area contributed by atoms with Gasteiger partial charge in [0.1, 0.15) is 23.0 Å². The highest BCUT2D eigenvalue weighted by atomic mass is 16.5. The number of carbonyl (C=O) groups excluding carboxylic acids is 2. The topological polar surface area (TPSA) is 117 Å². The second kappa shape index (κ2) is 13.1. The first-order chi connectivity index (χ1) is 21.5. The summed E-state index contributed by atoms with van der Waals surface area (Å²) in [6.45, 7) is 0.573. The summed E-state index contributed by atoms with van der Waals surface area (Å²) in [6.07, 6.45) is 2.90. The molecule has 0 spiro atoms. The molecule has 3 aliphatic rings. The molecule has 0 saturated heterocycles. The van der Waals surface area contributed by atoms with Crippen LogP contribution in [0, 0.1) is 0 Å². The van der Waals surface area contributed by atoms with Gasteiger partial charge in [0.15, 0.2) is 13.2 Å². The molecule has 8 heteroatoms. The zero-order valence-electron chi connectivity index (χ0n) is 24.5. The molecule has 10 bridgehead atoms. The van der Waals surface area contributed by atoms with Crippen LogP contribution in [0.4, 0.5) is 0 Å². The fourth-order valence-electron chi connectivity index (χ4n) is 5.97. The highest BCUT2D eigenvalue weighted by molar-refractivity contribution is 5.78. The van der Waals surface area contributed by atoms with E-state index in [0.717, 1.165) is 44.5 Å². The molecule has 8 nitrogen and oxygen atoms in total. The number of nitrogens with one attached hydrogen (secondary N) is 2. The number of hydrogen-bond acceptors (Lipinski definition) is 6. The molecule has 0 unspecified atom stereocenters. The average Bonchev–Trinajstić information content (AvgIpc) is 3.01. The van der Waals surface area contributed by atoms with E-state index >= 15 is 0 Å². The number of ether oxygens (including phenoxy) is 2. The van der Waals surface area contributed by atoms with Crippen LogP contribution in [0.5, 0.6) is 23.0 Å². The van der Waals surface area contributed by atoms with Gasteiger partial charge in [-0.15, -0.1) is 0 Å². The summed E-state index contributed by atoms with van der Waals surface area (Å²) < 4.78 is 12.4. The van der Waals surface area contributed by atoms with Gasteiger partial charge in [-0.05, 0) is 57.3 Å². The van der Waals surface area contributed by atoms with E-state index in [1.807, 2.05) is 72.8 Å². The van der Waals surface area contributed by atoms with Crippen LogP contribution in [0.15, 0.2) is 72.8 Å². The van der Waals surface area contributed by atoms with Crippen molar-refractivity contribution in [3.05, 3.63) is 117 Å². The van der Waals surface area contributed by atoms with Crippen LogP contribution in [0.1, 0.15) is 57.3 Å². The maximum atomic E-state index is 12.7. The first-order valence-corrected chi connectivity index (χ1v) is 15.1. The molecule has 44 heavy (non-hydrogen) atoms. The number of benzene rings is 4. The Morgan fingerprint density at radius 1 is 0.477 bits per heavy atom. The fraction of sp³-hybridized carbons (Fsp3) is 0.278. The molecule has 226 valence electrons. The Hall–Kier alpha value is -4.98. The minimum atomic E-state index is -0.248. The third-order valence-corrected chi connectivity index (χ3v) is 8.23. The van der Waals surface area contributed by atoms with Gasteiger partial charge >= 0.3 is 0 Å². The van der Waals surface area contributed by atoms with Gasteiger partial charge in [-0.1, -0.05) is 72.8 Å². The van der Waals surface area contributed by atoms with Crippen LogP contribution in [0.3, 0.4) is 0 Å². The molecule has 1 aliphatic carbocycles. The van der Waals surface area contributed by atoms with Gasteiger partial charge in [0, 0.05) is 38.8 Å². The first-order valence-electron chi connectivity index (χ1n) is 15.1. The molecule has 4 aromatic carbocycles. The number of rotatable bonds is 0. The summed E-state index contributed by atoms with van der Waals surface area (Å²) in [5.41, 5.74) is 6.17. The van der Waals surface area contributed by atoms with Crippen LogP contribution >= 0.6 is 0 Å². The number of para-hydroxylation sites is 4. The summed E-state index contributed by atoms with van der Waals surface area (Å²) in [6, 6.07) is 23.0. The van der Waals surface area contributed by atoms with Gasteiger partial charge in [-0.25, -0.2) is 0 Å². The molecule has 2 heterocycles. The van der Waals surface area contributed by atoms with Crippen molar-refractivity contribution in [2.45, 2.75) is 38.5 Å². The molecular formula is C36H36N2O6. The molecule has 0 saturated carbocycles. The lowest BCUT2D eigenvalue weighted by Crippen LogP contribution is -2.32. The number of aromatic hydroxyl groups is 2. The molecular weight excluding hydrogens is 556 g/mol. The predicted molar refractivity (Wildman–Crippen MR) is 167 cm³/mol. The van der Waals surface area contributed by atoms with Gasteiger partial charge in [0.05, 0.1) is 0 Å². The van der Waals surface area contributed by atoms with Gasteiger partial charge in [-0.2, -0.15) is 0 Å². The van der Waals surface area contributed by atoms with Crippen molar-refractivity contribution in [1.82, 2.24) is 10.6 Å². The summed E-state index contributed by atoms with van der Waals surface area (Å²) in [5, 5.41) is 28.8. The quantitative estimate of drug-likeness (QED) is 0.210. The van der Waals surface area contributed by atoms with Crippen molar-refractivity contribution in [3.8, 4) is 23.0 Å². The number of amides is 2. The normalized spacial score (nSPS) is 15.8. The zero-order chi connectivity index (χ0) is 30.5. The second-order valence-electron chi connectivity index (χ2n) is 11.4. The number of phenolic OH excluding ortho intramolecular Hbond substituents is 2. The van der Waals surface area contributed by atoms with E-state index in [1.54, 1.807) is 0 Å². The van der Waals surface area contributed by atoms with Gasteiger partial charge in [0.2, 0.25) is 0 Å². The van der Waals surface area contributed by atoms with Crippen molar-refractivity contribution in [1.29, 1.82) is 0 Å². The standard InChI is InChI=1S/C36H36N2O6/c39-31-21-43-35-27-11-5-12-28(35)18-24-8-4-10-26(34(24)42)20-30-14-6-13-29(19-25-9-3-7-23(17-27)33(25)41)36(30)44-22-32(40)38-16-2-1-15-37-31/h3-14,41-42H,1-2,15-22H2,(H,37,39)(H,38,40). The summed E-state index contributed by atoms with van der Waals surface area (Å²) >= 11 is 0. The number of carbonyl (C=O) groups is 2. The van der Waals surface area contributed by atoms with Crippen molar-refractivity contribution in [2.75, 3.05) is 26.3 Å². The molecule has 4 aromatic rings. The average molecular weight is 593 g/mol. The van der Waals surface area contributed by atoms with E-state index in [4.69, 9.17) is 9.47 Å². The molecule has 2 aliphatic heterocycles. The lowest BCUT2D eigenvalue weighted by Gasteiger charge is -2.20. The Morgan fingerprint density at radius 3 is 1.09 bits per heavy atom. The Balaban J connectivity index is 1.53. The van der Waals surface area contributed by atoms with Gasteiger partial charge in [-0.3, -0.25) is 9.59 Å². The Labute approximate surface area is 256 Å². The molecule has 0 radical (unpaired) electrons. The molecule has 0 atom stereocenters. The molecule has 7 rings (SSSR count). The summed E-state index contributed by atoms with van der Waals surface area (Å²) in [5.74, 6) is 0.996. The van der Waals surface area contributed by atoms with Crippen LogP contribution in [-0.4, -0.2) is 48.3 Å². The smallest absolute Gasteiger partial charge is 0.257 e. The van der Waals surface area contributed by atoms with Crippen LogP contribution in [-0.2, 0) is 35.3 Å². The van der Waals surface area contributed by atoms with Crippen molar-refractivity contribution >= 4 is 11.8 Å². The third-order valence-electron chi connectivity index (χ3n) is 8.23. The van der Waals surface area contributed by atoms with Crippen molar-refractivity contribution in [3.63, 3.8) is 0 Å². The summed E-state index contributed by atoms with van der Waals surface area (Å²) in [4.78, 5) is 25.5. The lowest BCUT2D eigenvalue weighted by atomic mass is 9.91. The van der Waals surface area contributed by atoms with E-state index in [2.05, 4.69) is 10.6 Å². The maximum Gasteiger partial charge on any atom is 0.257 e. The van der Waals surface area contributed by atoms with Crippen LogP contribution < -0.4 is 20.1 Å².